The van der Waals surface area contributed by atoms with Crippen LogP contribution in [0.3, 0.4) is 0 Å². The number of methoxy groups -OCH3 is 1. The molecular formula is C23H31N3O5S2. The lowest BCUT2D eigenvalue weighted by Gasteiger charge is -2.19. The van der Waals surface area contributed by atoms with Crippen LogP contribution in [0.4, 0.5) is 0 Å². The number of aromatic nitrogens is 1. The van der Waals surface area contributed by atoms with Crippen molar-refractivity contribution < 1.29 is 23.9 Å². The summed E-state index contributed by atoms with van der Waals surface area (Å²) in [4.78, 5) is 43.7. The van der Waals surface area contributed by atoms with Gasteiger partial charge in [-0.1, -0.05) is 24.2 Å². The van der Waals surface area contributed by atoms with Crippen molar-refractivity contribution in [3.63, 3.8) is 0 Å². The highest BCUT2D eigenvalue weighted by Gasteiger charge is 2.16. The highest BCUT2D eigenvalue weighted by atomic mass is 32.2. The molecule has 3 rings (SSSR count). The first-order chi connectivity index (χ1) is 16.0. The molecule has 0 N–H and O–H groups in total. The van der Waals surface area contributed by atoms with Crippen LogP contribution in [0.1, 0.15) is 43.0 Å². The van der Waals surface area contributed by atoms with Crippen LogP contribution < -0.4 is 4.80 Å². The van der Waals surface area contributed by atoms with Crippen molar-refractivity contribution in [3.05, 3.63) is 28.6 Å². The van der Waals surface area contributed by atoms with E-state index < -0.39 is 5.97 Å². The molecule has 1 fully saturated rings. The van der Waals surface area contributed by atoms with Gasteiger partial charge in [0.25, 0.3) is 5.91 Å². The summed E-state index contributed by atoms with van der Waals surface area (Å²) in [5.74, 6) is -0.161. The number of thiazole rings is 1. The average Bonchev–Trinajstić information content (AvgIpc) is 2.97. The second-order valence-corrected chi connectivity index (χ2v) is 9.70. The lowest BCUT2D eigenvalue weighted by Crippen LogP contribution is -2.33. The summed E-state index contributed by atoms with van der Waals surface area (Å²) in [7, 11) is 1.35. The minimum Gasteiger partial charge on any atom is -0.465 e. The van der Waals surface area contributed by atoms with Crippen molar-refractivity contribution >= 4 is 51.1 Å². The summed E-state index contributed by atoms with van der Waals surface area (Å²) in [6.07, 6.45) is 4.45. The number of rotatable bonds is 9. The normalized spacial score (nSPS) is 15.0. The first-order valence-electron chi connectivity index (χ1n) is 11.3. The van der Waals surface area contributed by atoms with Crippen LogP contribution in [0.5, 0.6) is 0 Å². The number of benzene rings is 1. The number of thioether (sulfide) groups is 1. The fraction of sp³-hybridized carbons (Fsp3) is 0.565. The van der Waals surface area contributed by atoms with E-state index in [0.29, 0.717) is 35.9 Å². The molecule has 1 aliphatic rings. The molecule has 0 bridgehead atoms. The Morgan fingerprint density at radius 1 is 1.12 bits per heavy atom. The maximum Gasteiger partial charge on any atom is 0.337 e. The number of fused-ring (bicyclic) bond motifs is 1. The average molecular weight is 494 g/mol. The monoisotopic (exact) mass is 493 g/mol. The van der Waals surface area contributed by atoms with Gasteiger partial charge in [0.05, 0.1) is 41.0 Å². The lowest BCUT2D eigenvalue weighted by molar-refractivity contribution is -0.128. The van der Waals surface area contributed by atoms with Crippen LogP contribution in [0.15, 0.2) is 23.2 Å². The van der Waals surface area contributed by atoms with Gasteiger partial charge in [0, 0.05) is 26.2 Å². The molecule has 1 aromatic heterocycles. The zero-order valence-corrected chi connectivity index (χ0v) is 20.8. The van der Waals surface area contributed by atoms with Gasteiger partial charge >= 0.3 is 5.97 Å². The zero-order valence-electron chi connectivity index (χ0n) is 19.2. The second-order valence-electron chi connectivity index (χ2n) is 7.70. The summed E-state index contributed by atoms with van der Waals surface area (Å²) in [6, 6.07) is 5.29. The molecule has 0 unspecified atom stereocenters. The van der Waals surface area contributed by atoms with Crippen LogP contribution in [-0.2, 0) is 25.6 Å². The first kappa shape index (κ1) is 25.5. The Morgan fingerprint density at radius 2 is 1.88 bits per heavy atom. The van der Waals surface area contributed by atoms with Crippen LogP contribution in [0.25, 0.3) is 10.2 Å². The quantitative estimate of drug-likeness (QED) is 0.394. The summed E-state index contributed by atoms with van der Waals surface area (Å²) >= 11 is 2.65. The predicted octanol–water partition coefficient (Wildman–Crippen LogP) is 3.09. The van der Waals surface area contributed by atoms with E-state index in [1.165, 1.54) is 43.1 Å². The van der Waals surface area contributed by atoms with E-state index in [1.54, 1.807) is 12.1 Å². The number of carbonyl (C=O) groups excluding carboxylic acids is 3. The van der Waals surface area contributed by atoms with Crippen molar-refractivity contribution in [3.8, 4) is 0 Å². The highest BCUT2D eigenvalue weighted by molar-refractivity contribution is 8.00. The SMILES string of the molecule is CCOCCn1c(=NC(=O)CSCC(=O)N2CCCCCC2)sc2cc(C(=O)OC)ccc21. The summed E-state index contributed by atoms with van der Waals surface area (Å²) in [5.41, 5.74) is 1.33. The molecule has 33 heavy (non-hydrogen) atoms. The molecular weight excluding hydrogens is 462 g/mol. The molecule has 0 saturated carbocycles. The molecule has 0 spiro atoms. The van der Waals surface area contributed by atoms with E-state index in [-0.39, 0.29) is 17.6 Å². The van der Waals surface area contributed by atoms with Crippen molar-refractivity contribution in [1.29, 1.82) is 0 Å². The van der Waals surface area contributed by atoms with Gasteiger partial charge in [0.2, 0.25) is 5.91 Å². The number of amides is 2. The Bertz CT molecular complexity index is 1040. The van der Waals surface area contributed by atoms with Crippen molar-refractivity contribution in [2.24, 2.45) is 4.99 Å². The van der Waals surface area contributed by atoms with Crippen LogP contribution >= 0.6 is 23.1 Å². The minimum absolute atomic E-state index is 0.0960. The lowest BCUT2D eigenvalue weighted by atomic mass is 10.2. The third-order valence-corrected chi connectivity index (χ3v) is 7.34. The Labute approximate surface area is 202 Å². The number of hydrogen-bond donors (Lipinski definition) is 0. The molecule has 2 amide bonds. The van der Waals surface area contributed by atoms with Crippen LogP contribution in [0, 0.1) is 0 Å². The van der Waals surface area contributed by atoms with Gasteiger partial charge in [-0.05, 0) is 38.0 Å². The maximum absolute atomic E-state index is 12.6. The number of hydrogen-bond acceptors (Lipinski definition) is 7. The summed E-state index contributed by atoms with van der Waals surface area (Å²) in [5, 5.41) is 0. The second kappa shape index (κ2) is 12.9. The van der Waals surface area contributed by atoms with Crippen molar-refractivity contribution in [1.82, 2.24) is 9.47 Å². The molecule has 0 aliphatic carbocycles. The Balaban J connectivity index is 1.71. The fourth-order valence-corrected chi connectivity index (χ4v) is 5.51. The number of likely N-dealkylation sites (tertiary alicyclic amines) is 1. The van der Waals surface area contributed by atoms with Crippen LogP contribution in [0.2, 0.25) is 0 Å². The van der Waals surface area contributed by atoms with E-state index in [0.717, 1.165) is 36.1 Å². The van der Waals surface area contributed by atoms with Gasteiger partial charge in [-0.3, -0.25) is 9.59 Å². The van der Waals surface area contributed by atoms with Crippen molar-refractivity contribution in [2.75, 3.05) is 44.9 Å². The molecule has 1 aliphatic heterocycles. The highest BCUT2D eigenvalue weighted by Crippen LogP contribution is 2.20. The van der Waals surface area contributed by atoms with Gasteiger partial charge in [-0.2, -0.15) is 4.99 Å². The predicted molar refractivity (Wildman–Crippen MR) is 131 cm³/mol. The van der Waals surface area contributed by atoms with Gasteiger partial charge in [0.15, 0.2) is 4.80 Å². The van der Waals surface area contributed by atoms with E-state index in [1.807, 2.05) is 22.5 Å². The van der Waals surface area contributed by atoms with E-state index in [4.69, 9.17) is 9.47 Å². The van der Waals surface area contributed by atoms with E-state index >= 15 is 0 Å². The molecule has 1 aromatic carbocycles. The standard InChI is InChI=1S/C23H31N3O5S2/c1-3-31-13-12-26-18-9-8-17(22(29)30-2)14-19(18)33-23(26)24-20(27)15-32-16-21(28)25-10-6-4-5-7-11-25/h8-9,14H,3-7,10-13,15-16H2,1-2H3. The third kappa shape index (κ3) is 7.15. The molecule has 0 atom stereocenters. The molecule has 10 heteroatoms. The Kier molecular flexibility index (Phi) is 9.95. The number of esters is 1. The van der Waals surface area contributed by atoms with Gasteiger partial charge in [0.1, 0.15) is 0 Å². The minimum atomic E-state index is -0.411. The largest absolute Gasteiger partial charge is 0.465 e. The van der Waals surface area contributed by atoms with Gasteiger partial charge in [-0.15, -0.1) is 11.8 Å². The Hall–Kier alpha value is -2.17. The summed E-state index contributed by atoms with van der Waals surface area (Å²) in [6.45, 7) is 5.18. The molecule has 1 saturated heterocycles. The van der Waals surface area contributed by atoms with E-state index in [9.17, 15) is 14.4 Å². The van der Waals surface area contributed by atoms with Crippen molar-refractivity contribution in [2.45, 2.75) is 39.2 Å². The third-order valence-electron chi connectivity index (χ3n) is 5.40. The fourth-order valence-electron chi connectivity index (χ4n) is 3.70. The molecule has 180 valence electrons. The first-order valence-corrected chi connectivity index (χ1v) is 13.2. The Morgan fingerprint density at radius 3 is 2.58 bits per heavy atom. The molecule has 2 heterocycles. The summed E-state index contributed by atoms with van der Waals surface area (Å²) < 4.78 is 13.1. The smallest absolute Gasteiger partial charge is 0.337 e. The number of carbonyl (C=O) groups is 3. The van der Waals surface area contributed by atoms with E-state index in [2.05, 4.69) is 4.99 Å². The van der Waals surface area contributed by atoms with Crippen LogP contribution in [-0.4, -0.2) is 72.2 Å². The molecule has 2 aromatic rings. The zero-order chi connectivity index (χ0) is 23.6. The molecule has 8 nitrogen and oxygen atoms in total. The van der Waals surface area contributed by atoms with Gasteiger partial charge < -0.3 is 18.9 Å². The molecule has 0 radical (unpaired) electrons. The maximum atomic E-state index is 12.6. The number of nitrogens with zero attached hydrogens (tertiary/aromatic N) is 3. The van der Waals surface area contributed by atoms with Gasteiger partial charge in [-0.25, -0.2) is 4.79 Å². The number of ether oxygens (including phenoxy) is 2. The topological polar surface area (TPSA) is 90.2 Å².